The van der Waals surface area contributed by atoms with E-state index in [0.717, 1.165) is 0 Å². The fourth-order valence-electron chi connectivity index (χ4n) is 10.5. The van der Waals surface area contributed by atoms with Crippen LogP contribution in [0.5, 0.6) is 0 Å². The normalized spacial score (nSPS) is 13.4. The van der Waals surface area contributed by atoms with Crippen LogP contribution in [-0.2, 0) is 5.41 Å². The molecule has 2 heterocycles. The fraction of sp³-hybridized carbons (Fsp3) is 0.0526. The molecule has 59 heavy (non-hydrogen) atoms. The monoisotopic (exact) mass is 784 g/mol. The molecule has 0 atom stereocenters. The van der Waals surface area contributed by atoms with E-state index < -0.39 is 0 Å². The van der Waals surface area contributed by atoms with Gasteiger partial charge in [0.15, 0.2) is 0 Å². The highest BCUT2D eigenvalue weighted by atomic mass is 32.1. The Morgan fingerprint density at radius 2 is 0.847 bits per heavy atom. The van der Waals surface area contributed by atoms with Gasteiger partial charge < -0.3 is 0 Å². The summed E-state index contributed by atoms with van der Waals surface area (Å²) in [5.41, 5.74) is 13.1. The van der Waals surface area contributed by atoms with Crippen molar-refractivity contribution in [2.45, 2.75) is 19.3 Å². The van der Waals surface area contributed by atoms with Crippen molar-refractivity contribution in [1.82, 2.24) is 0 Å². The molecule has 1 aliphatic rings. The van der Waals surface area contributed by atoms with Gasteiger partial charge in [0.1, 0.15) is 0 Å². The molecule has 0 fully saturated rings. The van der Waals surface area contributed by atoms with E-state index in [-0.39, 0.29) is 5.41 Å². The predicted octanol–water partition coefficient (Wildman–Crippen LogP) is 17.2. The molecule has 13 rings (SSSR count). The first-order valence-electron chi connectivity index (χ1n) is 20.5. The van der Waals surface area contributed by atoms with Gasteiger partial charge in [0.05, 0.1) is 9.40 Å². The largest absolute Gasteiger partial charge is 0.133 e. The lowest BCUT2D eigenvalue weighted by Crippen LogP contribution is -2.15. The second kappa shape index (κ2) is 12.2. The molecule has 0 radical (unpaired) electrons. The van der Waals surface area contributed by atoms with E-state index in [0.29, 0.717) is 0 Å². The molecular formula is C57H36S2. The number of hydrogen-bond donors (Lipinski definition) is 0. The van der Waals surface area contributed by atoms with E-state index in [2.05, 4.69) is 196 Å². The molecule has 0 saturated heterocycles. The van der Waals surface area contributed by atoms with Crippen molar-refractivity contribution in [3.05, 3.63) is 193 Å². The average molecular weight is 785 g/mol. The predicted molar refractivity (Wildman–Crippen MR) is 259 cm³/mol. The number of benzene rings is 10. The topological polar surface area (TPSA) is 0 Å². The molecule has 0 amide bonds. The Labute approximate surface area is 350 Å². The summed E-state index contributed by atoms with van der Waals surface area (Å²) in [5.74, 6) is 0. The highest BCUT2D eigenvalue weighted by Crippen LogP contribution is 2.53. The zero-order chi connectivity index (χ0) is 39.0. The van der Waals surface area contributed by atoms with Crippen LogP contribution in [0, 0.1) is 0 Å². The summed E-state index contributed by atoms with van der Waals surface area (Å²) in [6.45, 7) is 4.81. The van der Waals surface area contributed by atoms with Crippen LogP contribution in [0.2, 0.25) is 0 Å². The van der Waals surface area contributed by atoms with Crippen molar-refractivity contribution in [3.8, 4) is 44.5 Å². The Morgan fingerprint density at radius 3 is 1.56 bits per heavy atom. The first kappa shape index (κ1) is 33.4. The van der Waals surface area contributed by atoms with E-state index in [9.17, 15) is 0 Å². The zero-order valence-electron chi connectivity index (χ0n) is 32.6. The van der Waals surface area contributed by atoms with Gasteiger partial charge in [-0.1, -0.05) is 184 Å². The third-order valence-electron chi connectivity index (χ3n) is 13.3. The van der Waals surface area contributed by atoms with Crippen LogP contribution in [0.1, 0.15) is 25.0 Å². The van der Waals surface area contributed by atoms with Gasteiger partial charge in [0.25, 0.3) is 0 Å². The van der Waals surface area contributed by atoms with Crippen LogP contribution in [0.15, 0.2) is 182 Å². The molecule has 0 nitrogen and oxygen atoms in total. The summed E-state index contributed by atoms with van der Waals surface area (Å²) >= 11 is 3.92. The SMILES string of the molecule is CC1(C)c2ccc(-c3cccc4c3sc3c4ccc4c5ccc6ccccc6c5sc43)cc2-c2ccc(-c3c4ccccc4c(-c4ccccc4)c4ccccc34)cc21. The van der Waals surface area contributed by atoms with E-state index in [1.54, 1.807) is 0 Å². The van der Waals surface area contributed by atoms with Crippen molar-refractivity contribution in [1.29, 1.82) is 0 Å². The summed E-state index contributed by atoms with van der Waals surface area (Å²) < 4.78 is 5.55. The molecule has 0 spiro atoms. The van der Waals surface area contributed by atoms with Crippen LogP contribution in [0.25, 0.3) is 117 Å². The third kappa shape index (κ3) is 4.65. The number of hydrogen-bond acceptors (Lipinski definition) is 2. The molecular weight excluding hydrogens is 749 g/mol. The van der Waals surface area contributed by atoms with Gasteiger partial charge >= 0.3 is 0 Å². The third-order valence-corrected chi connectivity index (χ3v) is 15.9. The summed E-state index contributed by atoms with van der Waals surface area (Å²) in [5, 5.41) is 13.2. The summed E-state index contributed by atoms with van der Waals surface area (Å²) in [6.07, 6.45) is 0. The second-order valence-electron chi connectivity index (χ2n) is 16.7. The Bertz CT molecular complexity index is 3690. The summed E-state index contributed by atoms with van der Waals surface area (Å²) in [6, 6.07) is 68.4. The molecule has 0 saturated carbocycles. The second-order valence-corrected chi connectivity index (χ2v) is 18.8. The average Bonchev–Trinajstić information content (AvgIpc) is 3.93. The standard InChI is InChI=1S/C57H36S2/c1-57(2)49-30-25-35(38-21-12-22-44-46-28-29-47-45-27-23-33-13-6-7-16-37(33)53(45)58-56(47)55(46)59-54(38)44)31-48(49)39-26-24-36(32-50(39)57)52-42-19-10-8-17-40(42)51(34-14-4-3-5-15-34)41-18-9-11-20-43(41)52/h3-32H,1-2H3. The molecule has 10 aromatic carbocycles. The maximum Gasteiger partial charge on any atom is 0.0534 e. The summed E-state index contributed by atoms with van der Waals surface area (Å²) in [4.78, 5) is 0. The lowest BCUT2D eigenvalue weighted by atomic mass is 9.80. The van der Waals surface area contributed by atoms with Gasteiger partial charge in [-0.05, 0) is 100 Å². The van der Waals surface area contributed by atoms with Gasteiger partial charge in [-0.2, -0.15) is 0 Å². The fourth-order valence-corrected chi connectivity index (χ4v) is 13.3. The Balaban J connectivity index is 0.974. The number of rotatable bonds is 3. The number of fused-ring (bicyclic) bond motifs is 14. The van der Waals surface area contributed by atoms with E-state index in [4.69, 9.17) is 0 Å². The lowest BCUT2D eigenvalue weighted by Gasteiger charge is -2.23. The van der Waals surface area contributed by atoms with Crippen molar-refractivity contribution in [3.63, 3.8) is 0 Å². The van der Waals surface area contributed by atoms with Crippen molar-refractivity contribution >= 4 is 95.3 Å². The molecule has 0 aliphatic heterocycles. The Morgan fingerprint density at radius 1 is 0.305 bits per heavy atom. The van der Waals surface area contributed by atoms with Gasteiger partial charge in [-0.3, -0.25) is 0 Å². The molecule has 276 valence electrons. The molecule has 2 heteroatoms. The molecule has 0 unspecified atom stereocenters. The minimum atomic E-state index is -0.143. The highest BCUT2D eigenvalue weighted by molar-refractivity contribution is 7.34. The molecule has 0 N–H and O–H groups in total. The van der Waals surface area contributed by atoms with Crippen LogP contribution in [0.3, 0.4) is 0 Å². The van der Waals surface area contributed by atoms with Crippen LogP contribution in [0.4, 0.5) is 0 Å². The van der Waals surface area contributed by atoms with Gasteiger partial charge in [-0.15, -0.1) is 22.7 Å². The Hall–Kier alpha value is -6.58. The van der Waals surface area contributed by atoms with Gasteiger partial charge in [0, 0.05) is 36.4 Å². The van der Waals surface area contributed by atoms with E-state index >= 15 is 0 Å². The minimum absolute atomic E-state index is 0.143. The maximum atomic E-state index is 2.50. The molecule has 0 bridgehead atoms. The zero-order valence-corrected chi connectivity index (χ0v) is 34.3. The lowest BCUT2D eigenvalue weighted by molar-refractivity contribution is 0.660. The van der Waals surface area contributed by atoms with Crippen LogP contribution in [-0.4, -0.2) is 0 Å². The summed E-state index contributed by atoms with van der Waals surface area (Å²) in [7, 11) is 0. The van der Waals surface area contributed by atoms with E-state index in [1.807, 2.05) is 22.7 Å². The van der Waals surface area contributed by atoms with Crippen molar-refractivity contribution in [2.75, 3.05) is 0 Å². The van der Waals surface area contributed by atoms with Crippen LogP contribution < -0.4 is 0 Å². The maximum absolute atomic E-state index is 2.50. The van der Waals surface area contributed by atoms with Crippen molar-refractivity contribution in [2.24, 2.45) is 0 Å². The minimum Gasteiger partial charge on any atom is -0.133 e. The molecule has 1 aliphatic carbocycles. The van der Waals surface area contributed by atoms with E-state index in [1.165, 1.54) is 128 Å². The first-order chi connectivity index (χ1) is 29.0. The number of thiophene rings is 2. The smallest absolute Gasteiger partial charge is 0.0534 e. The highest BCUT2D eigenvalue weighted by Gasteiger charge is 2.36. The van der Waals surface area contributed by atoms with Crippen molar-refractivity contribution < 1.29 is 0 Å². The van der Waals surface area contributed by atoms with Gasteiger partial charge in [-0.25, -0.2) is 0 Å². The first-order valence-corrected chi connectivity index (χ1v) is 22.1. The molecule has 12 aromatic rings. The quantitative estimate of drug-likeness (QED) is 0.157. The molecule has 2 aromatic heterocycles. The van der Waals surface area contributed by atoms with Gasteiger partial charge in [0.2, 0.25) is 0 Å². The van der Waals surface area contributed by atoms with Crippen LogP contribution >= 0.6 is 22.7 Å². The Kier molecular flexibility index (Phi) is 6.92.